The van der Waals surface area contributed by atoms with Gasteiger partial charge < -0.3 is 45.3 Å². The number of nitrogens with one attached hydrogen (secondary N) is 3. The van der Waals surface area contributed by atoms with Gasteiger partial charge in [0.05, 0.1) is 62.9 Å². The van der Waals surface area contributed by atoms with Crippen LogP contribution in [0.5, 0.6) is 5.75 Å². The molecule has 0 atom stereocenters. The van der Waals surface area contributed by atoms with Gasteiger partial charge in [0, 0.05) is 55.3 Å². The third-order valence-corrected chi connectivity index (χ3v) is 9.41. The molecule has 1 fully saturated rings. The van der Waals surface area contributed by atoms with E-state index in [0.717, 1.165) is 57.9 Å². The monoisotopic (exact) mass is 687 g/mol. The van der Waals surface area contributed by atoms with Gasteiger partial charge in [0.2, 0.25) is 0 Å². The molecule has 4 aromatic rings. The highest BCUT2D eigenvalue weighted by atomic mass is 35.5. The van der Waals surface area contributed by atoms with E-state index in [1.165, 1.54) is 0 Å². The minimum absolute atomic E-state index is 0.160. The molecule has 258 valence electrons. The number of ether oxygens (including phenoxy) is 3. The maximum atomic E-state index is 13.4. The first-order valence-corrected chi connectivity index (χ1v) is 16.7. The van der Waals surface area contributed by atoms with Crippen LogP contribution in [0.25, 0.3) is 11.1 Å². The molecule has 1 aromatic heterocycles. The molecule has 0 saturated carbocycles. The number of pyridine rings is 1. The maximum absolute atomic E-state index is 13.4. The van der Waals surface area contributed by atoms with Crippen LogP contribution in [0.1, 0.15) is 32.6 Å². The van der Waals surface area contributed by atoms with E-state index >= 15 is 0 Å². The number of methoxy groups -OCH3 is 2. The summed E-state index contributed by atoms with van der Waals surface area (Å²) in [6.07, 6.45) is 2.60. The number of fused-ring (bicyclic) bond motifs is 1. The van der Waals surface area contributed by atoms with E-state index in [1.807, 2.05) is 36.5 Å². The van der Waals surface area contributed by atoms with Crippen molar-refractivity contribution in [2.24, 2.45) is 0 Å². The first-order chi connectivity index (χ1) is 23.9. The third-order valence-electron chi connectivity index (χ3n) is 9.00. The maximum Gasteiger partial charge on any atom is 0.255 e. The highest BCUT2D eigenvalue weighted by Crippen LogP contribution is 2.43. The molecule has 3 heterocycles. The Hall–Kier alpha value is -4.07. The fourth-order valence-corrected chi connectivity index (χ4v) is 6.42. The molecule has 0 spiro atoms. The lowest BCUT2D eigenvalue weighted by molar-refractivity contribution is -0.00584. The molecular weight excluding hydrogens is 646 g/mol. The molecule has 0 aliphatic carbocycles. The van der Waals surface area contributed by atoms with Crippen molar-refractivity contribution in [2.75, 3.05) is 57.4 Å². The Morgan fingerprint density at radius 2 is 1.82 bits per heavy atom. The number of halogens is 1. The number of anilines is 3. The number of aliphatic hydroxyl groups excluding tert-OH is 2. The lowest BCUT2D eigenvalue weighted by Crippen LogP contribution is -2.45. The Labute approximate surface area is 291 Å². The number of aliphatic hydroxyl groups is 2. The molecule has 6 rings (SSSR count). The van der Waals surface area contributed by atoms with Crippen molar-refractivity contribution < 1.29 is 29.2 Å². The van der Waals surface area contributed by atoms with E-state index in [9.17, 15) is 15.0 Å². The zero-order valence-corrected chi connectivity index (χ0v) is 28.4. The van der Waals surface area contributed by atoms with Crippen molar-refractivity contribution in [3.8, 4) is 16.9 Å². The van der Waals surface area contributed by atoms with Crippen LogP contribution in [0.15, 0.2) is 66.9 Å². The Bertz CT molecular complexity index is 1780. The number of nitrogens with zero attached hydrogens (tertiary/aromatic N) is 2. The number of rotatable bonds is 15. The van der Waals surface area contributed by atoms with Gasteiger partial charge in [-0.1, -0.05) is 41.9 Å². The van der Waals surface area contributed by atoms with Crippen molar-refractivity contribution >= 4 is 34.7 Å². The summed E-state index contributed by atoms with van der Waals surface area (Å²) in [7, 11) is 3.25. The van der Waals surface area contributed by atoms with E-state index < -0.39 is 6.04 Å². The minimum Gasteiger partial charge on any atom is -0.496 e. The second-order valence-corrected chi connectivity index (χ2v) is 12.5. The van der Waals surface area contributed by atoms with E-state index in [2.05, 4.69) is 33.0 Å². The summed E-state index contributed by atoms with van der Waals surface area (Å²) < 4.78 is 16.3. The smallest absolute Gasteiger partial charge is 0.255 e. The molecule has 0 unspecified atom stereocenters. The molecule has 2 aliphatic heterocycles. The summed E-state index contributed by atoms with van der Waals surface area (Å²) in [4.78, 5) is 20.4. The van der Waals surface area contributed by atoms with Gasteiger partial charge in [0.15, 0.2) is 0 Å². The summed E-state index contributed by atoms with van der Waals surface area (Å²) in [5.74, 6) is 1.15. The Morgan fingerprint density at radius 1 is 1.02 bits per heavy atom. The molecule has 11 nitrogen and oxygen atoms in total. The SMILES string of the molecule is COCc1cc(N2CCc3c(-c4cccc(NC(=O)c5ccc(CNC6COC6)c(OC)c5)c4Cl)cccc32)ncc1CNC(CO)CO. The Kier molecular flexibility index (Phi) is 11.4. The predicted octanol–water partition coefficient (Wildman–Crippen LogP) is 4.43. The van der Waals surface area contributed by atoms with Crippen LogP contribution < -0.4 is 25.6 Å². The minimum atomic E-state index is -0.409. The summed E-state index contributed by atoms with van der Waals surface area (Å²) in [6.45, 7) is 3.27. The highest BCUT2D eigenvalue weighted by Gasteiger charge is 2.26. The molecule has 12 heteroatoms. The van der Waals surface area contributed by atoms with Crippen molar-refractivity contribution in [1.82, 2.24) is 15.6 Å². The second-order valence-electron chi connectivity index (χ2n) is 12.2. The summed E-state index contributed by atoms with van der Waals surface area (Å²) in [5, 5.41) is 28.9. The molecule has 0 radical (unpaired) electrons. The lowest BCUT2D eigenvalue weighted by Gasteiger charge is -2.27. The van der Waals surface area contributed by atoms with Crippen LogP contribution in [-0.4, -0.2) is 80.4 Å². The van der Waals surface area contributed by atoms with Gasteiger partial charge in [-0.15, -0.1) is 0 Å². The van der Waals surface area contributed by atoms with Crippen LogP contribution in [0.4, 0.5) is 17.2 Å². The van der Waals surface area contributed by atoms with Gasteiger partial charge in [-0.3, -0.25) is 4.79 Å². The van der Waals surface area contributed by atoms with Gasteiger partial charge in [-0.2, -0.15) is 0 Å². The molecule has 49 heavy (non-hydrogen) atoms. The number of amides is 1. The number of hydrogen-bond acceptors (Lipinski definition) is 10. The average Bonchev–Trinajstić information content (AvgIpc) is 3.54. The number of carbonyl (C=O) groups is 1. The number of carbonyl (C=O) groups excluding carboxylic acids is 1. The van der Waals surface area contributed by atoms with Gasteiger partial charge in [0.1, 0.15) is 11.6 Å². The van der Waals surface area contributed by atoms with E-state index in [-0.39, 0.29) is 19.1 Å². The fraction of sp³-hybridized carbons (Fsp3) is 0.351. The topological polar surface area (TPSA) is 137 Å². The second kappa shape index (κ2) is 16.1. The first-order valence-electron chi connectivity index (χ1n) is 16.3. The van der Waals surface area contributed by atoms with Gasteiger partial charge in [0.25, 0.3) is 5.91 Å². The normalized spacial score (nSPS) is 14.2. The van der Waals surface area contributed by atoms with Gasteiger partial charge >= 0.3 is 0 Å². The van der Waals surface area contributed by atoms with E-state index in [4.69, 9.17) is 30.8 Å². The summed E-state index contributed by atoms with van der Waals surface area (Å²) in [6, 6.07) is 19.2. The molecule has 3 aromatic carbocycles. The summed E-state index contributed by atoms with van der Waals surface area (Å²) in [5.41, 5.74) is 7.86. The van der Waals surface area contributed by atoms with Gasteiger partial charge in [-0.05, 0) is 59.0 Å². The van der Waals surface area contributed by atoms with Crippen LogP contribution in [-0.2, 0) is 35.6 Å². The molecule has 1 saturated heterocycles. The Balaban J connectivity index is 1.21. The first kappa shape index (κ1) is 34.8. The van der Waals surface area contributed by atoms with Crippen LogP contribution in [0.2, 0.25) is 5.02 Å². The van der Waals surface area contributed by atoms with Crippen molar-refractivity contribution in [1.29, 1.82) is 0 Å². The van der Waals surface area contributed by atoms with Crippen molar-refractivity contribution in [3.05, 3.63) is 99.7 Å². The standard InChI is InChI=1S/C37H42ClN5O6/c1-47-20-25-14-35(41-17-26(25)16-39-27(18-44)19-45)43-12-11-30-29(5-4-8-33(30)43)31-6-3-7-32(36(31)38)42-37(46)23-9-10-24(34(13-23)48-2)15-40-28-21-49-22-28/h3-10,13-14,17,27-28,39-40,44-45H,11-12,15-16,18-22H2,1-2H3,(H,42,46). The predicted molar refractivity (Wildman–Crippen MR) is 190 cm³/mol. The summed E-state index contributed by atoms with van der Waals surface area (Å²) >= 11 is 7.01. The molecule has 1 amide bonds. The van der Waals surface area contributed by atoms with Crippen LogP contribution >= 0.6 is 11.6 Å². The molecule has 5 N–H and O–H groups in total. The molecule has 2 aliphatic rings. The van der Waals surface area contributed by atoms with Crippen LogP contribution in [0.3, 0.4) is 0 Å². The molecular formula is C37H42ClN5O6. The largest absolute Gasteiger partial charge is 0.496 e. The van der Waals surface area contributed by atoms with Crippen molar-refractivity contribution in [2.45, 2.75) is 38.2 Å². The third kappa shape index (κ3) is 7.73. The number of hydrogen-bond donors (Lipinski definition) is 5. The number of benzene rings is 3. The Morgan fingerprint density at radius 3 is 2.55 bits per heavy atom. The quantitative estimate of drug-likeness (QED) is 0.122. The fourth-order valence-electron chi connectivity index (χ4n) is 6.15. The zero-order chi connectivity index (χ0) is 34.3. The van der Waals surface area contributed by atoms with E-state index in [0.29, 0.717) is 61.0 Å². The van der Waals surface area contributed by atoms with Crippen molar-refractivity contribution in [3.63, 3.8) is 0 Å². The van der Waals surface area contributed by atoms with Gasteiger partial charge in [-0.25, -0.2) is 4.98 Å². The van der Waals surface area contributed by atoms with E-state index in [1.54, 1.807) is 32.4 Å². The molecule has 0 bridgehead atoms. The number of aromatic nitrogens is 1. The van der Waals surface area contributed by atoms with Crippen LogP contribution in [0, 0.1) is 0 Å². The lowest BCUT2D eigenvalue weighted by atomic mass is 9.97. The zero-order valence-electron chi connectivity index (χ0n) is 27.7. The highest BCUT2D eigenvalue weighted by molar-refractivity contribution is 6.36. The average molecular weight is 688 g/mol.